The van der Waals surface area contributed by atoms with E-state index in [1.807, 2.05) is 0 Å². The molecule has 0 aromatic rings. The van der Waals surface area contributed by atoms with Gasteiger partial charge in [-0.2, -0.15) is 0 Å². The molecule has 0 bridgehead atoms. The number of hydrogen-bond donors (Lipinski definition) is 1. The Morgan fingerprint density at radius 1 is 1.33 bits per heavy atom. The molecule has 0 saturated carbocycles. The molecule has 1 heterocycles. The van der Waals surface area contributed by atoms with E-state index in [1.165, 1.54) is 6.92 Å². The first-order chi connectivity index (χ1) is 9.84. The lowest BCUT2D eigenvalue weighted by molar-refractivity contribution is -0.219. The molecule has 0 radical (unpaired) electrons. The Hall–Kier alpha value is -1.89. The highest BCUT2D eigenvalue weighted by molar-refractivity contribution is 5.86. The molecular formula is C14H20O7. The van der Waals surface area contributed by atoms with E-state index >= 15 is 0 Å². The number of esters is 2. The van der Waals surface area contributed by atoms with Crippen LogP contribution in [0.4, 0.5) is 0 Å². The van der Waals surface area contributed by atoms with Crippen molar-refractivity contribution in [3.05, 3.63) is 12.2 Å². The van der Waals surface area contributed by atoms with Crippen molar-refractivity contribution < 1.29 is 33.7 Å². The van der Waals surface area contributed by atoms with Gasteiger partial charge in [0.05, 0.1) is 26.1 Å². The third kappa shape index (κ3) is 5.95. The van der Waals surface area contributed by atoms with Crippen molar-refractivity contribution in [1.29, 1.82) is 0 Å². The minimum atomic E-state index is -1.12. The van der Waals surface area contributed by atoms with Crippen molar-refractivity contribution in [1.82, 2.24) is 0 Å². The van der Waals surface area contributed by atoms with E-state index in [4.69, 9.17) is 19.3 Å². The molecule has 1 N–H and O–H groups in total. The summed E-state index contributed by atoms with van der Waals surface area (Å²) in [6, 6.07) is 0. The minimum absolute atomic E-state index is 0.0396. The minimum Gasteiger partial charge on any atom is -0.481 e. The Morgan fingerprint density at radius 3 is 2.57 bits per heavy atom. The lowest BCUT2D eigenvalue weighted by atomic mass is 10.1. The first-order valence-corrected chi connectivity index (χ1v) is 6.75. The quantitative estimate of drug-likeness (QED) is 0.534. The van der Waals surface area contributed by atoms with Gasteiger partial charge >= 0.3 is 17.9 Å². The van der Waals surface area contributed by atoms with Crippen LogP contribution in [0.1, 0.15) is 39.0 Å². The maximum Gasteiger partial charge on any atom is 0.333 e. The molecule has 0 spiro atoms. The van der Waals surface area contributed by atoms with Crippen LogP contribution >= 0.6 is 0 Å². The fourth-order valence-corrected chi connectivity index (χ4v) is 1.89. The number of carbonyl (C=O) groups is 3. The second-order valence-corrected chi connectivity index (χ2v) is 4.90. The Kier molecular flexibility index (Phi) is 6.36. The Morgan fingerprint density at radius 2 is 2.05 bits per heavy atom. The maximum absolute atomic E-state index is 11.6. The van der Waals surface area contributed by atoms with E-state index < -0.39 is 23.7 Å². The third-order valence-electron chi connectivity index (χ3n) is 2.97. The van der Waals surface area contributed by atoms with Crippen molar-refractivity contribution >= 4 is 17.9 Å². The van der Waals surface area contributed by atoms with Crippen molar-refractivity contribution in [2.75, 3.05) is 13.2 Å². The number of hydrogen-bond acceptors (Lipinski definition) is 6. The molecule has 118 valence electrons. The summed E-state index contributed by atoms with van der Waals surface area (Å²) in [4.78, 5) is 33.3. The molecule has 0 aromatic carbocycles. The molecule has 1 atom stereocenters. The Balaban J connectivity index is 2.46. The first-order valence-electron chi connectivity index (χ1n) is 6.75. The highest BCUT2D eigenvalue weighted by Crippen LogP contribution is 2.31. The van der Waals surface area contributed by atoms with Crippen LogP contribution in [0.3, 0.4) is 0 Å². The molecule has 1 fully saturated rings. The third-order valence-corrected chi connectivity index (χ3v) is 2.97. The van der Waals surface area contributed by atoms with Gasteiger partial charge in [0, 0.05) is 18.4 Å². The number of ether oxygens (including phenoxy) is 3. The fourth-order valence-electron chi connectivity index (χ4n) is 1.89. The molecule has 1 aliphatic rings. The van der Waals surface area contributed by atoms with Crippen LogP contribution < -0.4 is 0 Å². The van der Waals surface area contributed by atoms with Gasteiger partial charge < -0.3 is 19.3 Å². The predicted octanol–water partition coefficient (Wildman–Crippen LogP) is 1.41. The smallest absolute Gasteiger partial charge is 0.333 e. The van der Waals surface area contributed by atoms with Gasteiger partial charge in [0.1, 0.15) is 0 Å². The molecule has 1 saturated heterocycles. The van der Waals surface area contributed by atoms with Gasteiger partial charge in [-0.25, -0.2) is 4.79 Å². The SMILES string of the molecule is C=C(C)C(=O)OCCC1(OC(=O)CCC(=O)O)CCCO1. The normalized spacial score (nSPS) is 20.8. The van der Waals surface area contributed by atoms with Gasteiger partial charge in [-0.15, -0.1) is 0 Å². The highest BCUT2D eigenvalue weighted by atomic mass is 16.7. The van der Waals surface area contributed by atoms with Crippen LogP contribution in [0.2, 0.25) is 0 Å². The standard InChI is InChI=1S/C14H20O7/c1-10(2)13(18)19-9-7-14(6-3-8-20-14)21-12(17)5-4-11(15)16/h1,3-9H2,2H3,(H,15,16). The molecule has 7 heteroatoms. The van der Waals surface area contributed by atoms with Gasteiger partial charge in [0.25, 0.3) is 0 Å². The second-order valence-electron chi connectivity index (χ2n) is 4.90. The van der Waals surface area contributed by atoms with Crippen molar-refractivity contribution in [2.45, 2.75) is 44.8 Å². The number of aliphatic carboxylic acids is 1. The van der Waals surface area contributed by atoms with Gasteiger partial charge in [0.15, 0.2) is 0 Å². The Bertz CT molecular complexity index is 421. The topological polar surface area (TPSA) is 99.1 Å². The first kappa shape index (κ1) is 17.2. The molecule has 1 aliphatic heterocycles. The summed E-state index contributed by atoms with van der Waals surface area (Å²) in [5, 5.41) is 8.54. The highest BCUT2D eigenvalue weighted by Gasteiger charge is 2.39. The van der Waals surface area contributed by atoms with Crippen LogP contribution in [0.15, 0.2) is 12.2 Å². The summed E-state index contributed by atoms with van der Waals surface area (Å²) >= 11 is 0. The molecule has 0 aliphatic carbocycles. The summed E-state index contributed by atoms with van der Waals surface area (Å²) in [7, 11) is 0. The zero-order chi connectivity index (χ0) is 15.9. The van der Waals surface area contributed by atoms with Crippen molar-refractivity contribution in [2.24, 2.45) is 0 Å². The van der Waals surface area contributed by atoms with Gasteiger partial charge in [-0.1, -0.05) is 6.58 Å². The van der Waals surface area contributed by atoms with Crippen molar-refractivity contribution in [3.63, 3.8) is 0 Å². The number of carboxylic acid groups (broad SMARTS) is 1. The molecule has 0 aromatic heterocycles. The van der Waals surface area contributed by atoms with E-state index in [1.54, 1.807) is 0 Å². The number of carboxylic acids is 1. The van der Waals surface area contributed by atoms with E-state index in [0.29, 0.717) is 13.0 Å². The molecule has 1 unspecified atom stereocenters. The average Bonchev–Trinajstić information content (AvgIpc) is 2.84. The largest absolute Gasteiger partial charge is 0.481 e. The summed E-state index contributed by atoms with van der Waals surface area (Å²) in [5.74, 6) is -3.33. The summed E-state index contributed by atoms with van der Waals surface area (Å²) in [6.45, 7) is 5.49. The second kappa shape index (κ2) is 7.78. The predicted molar refractivity (Wildman–Crippen MR) is 71.3 cm³/mol. The van der Waals surface area contributed by atoms with Crippen LogP contribution in [0.25, 0.3) is 0 Å². The Labute approximate surface area is 122 Å². The van der Waals surface area contributed by atoms with Crippen LogP contribution in [-0.2, 0) is 28.6 Å². The summed E-state index contributed by atoms with van der Waals surface area (Å²) < 4.78 is 15.7. The average molecular weight is 300 g/mol. The van der Waals surface area contributed by atoms with E-state index in [2.05, 4.69) is 6.58 Å². The van der Waals surface area contributed by atoms with Gasteiger partial charge in [0.2, 0.25) is 5.79 Å². The molecule has 7 nitrogen and oxygen atoms in total. The number of rotatable bonds is 8. The summed E-state index contributed by atoms with van der Waals surface area (Å²) in [5.41, 5.74) is 0.287. The van der Waals surface area contributed by atoms with Crippen LogP contribution in [-0.4, -0.2) is 42.0 Å². The fraction of sp³-hybridized carbons (Fsp3) is 0.643. The van der Waals surface area contributed by atoms with Crippen LogP contribution in [0, 0.1) is 0 Å². The van der Waals surface area contributed by atoms with Gasteiger partial charge in [-0.3, -0.25) is 9.59 Å². The molecule has 21 heavy (non-hydrogen) atoms. The zero-order valence-electron chi connectivity index (χ0n) is 12.1. The lowest BCUT2D eigenvalue weighted by Gasteiger charge is -2.27. The molecular weight excluding hydrogens is 280 g/mol. The molecule has 1 rings (SSSR count). The van der Waals surface area contributed by atoms with E-state index in [0.717, 1.165) is 6.42 Å². The number of carbonyl (C=O) groups excluding carboxylic acids is 2. The monoisotopic (exact) mass is 300 g/mol. The zero-order valence-corrected chi connectivity index (χ0v) is 12.1. The maximum atomic E-state index is 11.6. The van der Waals surface area contributed by atoms with Crippen molar-refractivity contribution in [3.8, 4) is 0 Å². The van der Waals surface area contributed by atoms with Gasteiger partial charge in [-0.05, 0) is 13.3 Å². The van der Waals surface area contributed by atoms with E-state index in [9.17, 15) is 14.4 Å². The lowest BCUT2D eigenvalue weighted by Crippen LogP contribution is -2.36. The summed E-state index contributed by atoms with van der Waals surface area (Å²) in [6.07, 6.45) is 0.924. The molecule has 0 amide bonds. The van der Waals surface area contributed by atoms with Crippen LogP contribution in [0.5, 0.6) is 0 Å². The van der Waals surface area contributed by atoms with E-state index in [-0.39, 0.29) is 31.4 Å².